The molecule has 2 atom stereocenters. The van der Waals surface area contributed by atoms with Gasteiger partial charge in [-0.05, 0) is 44.2 Å². The van der Waals surface area contributed by atoms with Crippen LogP contribution in [-0.4, -0.2) is 54.4 Å². The van der Waals surface area contributed by atoms with Gasteiger partial charge in [0, 0.05) is 18.0 Å². The highest BCUT2D eigenvalue weighted by molar-refractivity contribution is 5.85. The minimum atomic E-state index is -2.51. The molecule has 4 rings (SSSR count). The van der Waals surface area contributed by atoms with E-state index in [-0.39, 0.29) is 6.10 Å². The van der Waals surface area contributed by atoms with Crippen molar-refractivity contribution in [3.63, 3.8) is 0 Å². The molecule has 0 amide bonds. The summed E-state index contributed by atoms with van der Waals surface area (Å²) in [6, 6.07) is 7.24. The van der Waals surface area contributed by atoms with E-state index in [9.17, 15) is 8.78 Å². The first kappa shape index (κ1) is 21.3. The maximum atomic E-state index is 13.1. The van der Waals surface area contributed by atoms with Crippen LogP contribution >= 0.6 is 0 Å². The summed E-state index contributed by atoms with van der Waals surface area (Å²) in [5.74, 6) is 1.80. The lowest BCUT2D eigenvalue weighted by atomic mass is 10.0. The van der Waals surface area contributed by atoms with Crippen LogP contribution in [0.3, 0.4) is 0 Å². The highest BCUT2D eigenvalue weighted by atomic mass is 19.3. The second-order valence-electron chi connectivity index (χ2n) is 7.61. The van der Waals surface area contributed by atoms with E-state index in [1.165, 1.54) is 10.9 Å². The van der Waals surface area contributed by atoms with Crippen molar-refractivity contribution in [2.45, 2.75) is 32.4 Å². The Labute approximate surface area is 179 Å². The molecule has 1 fully saturated rings. The summed E-state index contributed by atoms with van der Waals surface area (Å²) in [7, 11) is 3.14. The number of aromatic nitrogens is 3. The van der Waals surface area contributed by atoms with Gasteiger partial charge in [-0.3, -0.25) is 0 Å². The lowest BCUT2D eigenvalue weighted by Crippen LogP contribution is -2.26. The molecule has 1 aliphatic rings. The number of alkyl halides is 2. The number of nitrogens with zero attached hydrogens (tertiary/aromatic N) is 3. The van der Waals surface area contributed by atoms with Gasteiger partial charge in [0.15, 0.2) is 11.5 Å². The van der Waals surface area contributed by atoms with Gasteiger partial charge in [-0.2, -0.15) is 0 Å². The van der Waals surface area contributed by atoms with E-state index in [1.807, 2.05) is 19.1 Å². The number of fused-ring (bicyclic) bond motifs is 1. The van der Waals surface area contributed by atoms with Gasteiger partial charge in [0.05, 0.1) is 38.3 Å². The molecule has 1 aliphatic heterocycles. The Balaban J connectivity index is 1.78. The standard InChI is InChI=1S/C22H26F2N4O3/c1-13(15-6-7-25-10-15)31-22-21-17(26-12-28(21)11-20(23)24)9-16(27-22)14-4-5-18(29-2)19(8-14)30-3/h4-5,8-9,12-13,15,20,25H,6-7,10-11H2,1-3H3/t13-,15-/m1/s1. The van der Waals surface area contributed by atoms with Gasteiger partial charge in [0.25, 0.3) is 6.43 Å². The minimum Gasteiger partial charge on any atom is -0.493 e. The minimum absolute atomic E-state index is 0.124. The first-order valence-electron chi connectivity index (χ1n) is 10.2. The van der Waals surface area contributed by atoms with Crippen LogP contribution < -0.4 is 19.5 Å². The Morgan fingerprint density at radius 1 is 1.19 bits per heavy atom. The fraction of sp³-hybridized carbons (Fsp3) is 0.455. The molecule has 0 unspecified atom stereocenters. The van der Waals surface area contributed by atoms with E-state index in [0.29, 0.717) is 40.0 Å². The van der Waals surface area contributed by atoms with Crippen molar-refractivity contribution in [1.82, 2.24) is 19.9 Å². The van der Waals surface area contributed by atoms with Gasteiger partial charge >= 0.3 is 0 Å². The Morgan fingerprint density at radius 3 is 2.68 bits per heavy atom. The summed E-state index contributed by atoms with van der Waals surface area (Å²) in [5, 5.41) is 3.33. The molecule has 1 saturated heterocycles. The molecule has 0 saturated carbocycles. The molecule has 3 aromatic rings. The van der Waals surface area contributed by atoms with Crippen molar-refractivity contribution >= 4 is 11.0 Å². The van der Waals surface area contributed by atoms with Gasteiger partial charge in [-0.1, -0.05) is 0 Å². The van der Waals surface area contributed by atoms with Crippen molar-refractivity contribution in [2.75, 3.05) is 27.3 Å². The van der Waals surface area contributed by atoms with Gasteiger partial charge in [0.1, 0.15) is 11.6 Å². The average Bonchev–Trinajstić information content (AvgIpc) is 3.43. The van der Waals surface area contributed by atoms with Crippen LogP contribution in [0.15, 0.2) is 30.6 Å². The largest absolute Gasteiger partial charge is 0.493 e. The van der Waals surface area contributed by atoms with Crippen LogP contribution in [0.2, 0.25) is 0 Å². The SMILES string of the molecule is COc1ccc(-c2cc3ncn(CC(F)F)c3c(O[C@H](C)[C@@H]3CCNC3)n2)cc1OC. The number of hydrogen-bond acceptors (Lipinski definition) is 6. The number of benzene rings is 1. The van der Waals surface area contributed by atoms with Crippen molar-refractivity contribution in [3.05, 3.63) is 30.6 Å². The van der Waals surface area contributed by atoms with Crippen molar-refractivity contribution in [1.29, 1.82) is 0 Å². The van der Waals surface area contributed by atoms with Gasteiger partial charge in [0.2, 0.25) is 5.88 Å². The van der Waals surface area contributed by atoms with E-state index in [0.717, 1.165) is 25.1 Å². The van der Waals surface area contributed by atoms with Gasteiger partial charge in [-0.15, -0.1) is 0 Å². The number of nitrogens with one attached hydrogen (secondary N) is 1. The lowest BCUT2D eigenvalue weighted by Gasteiger charge is -2.21. The van der Waals surface area contributed by atoms with Crippen LogP contribution in [0.1, 0.15) is 13.3 Å². The number of halogens is 2. The molecule has 2 aromatic heterocycles. The summed E-state index contributed by atoms with van der Waals surface area (Å²) in [5.41, 5.74) is 2.42. The Morgan fingerprint density at radius 2 is 2.00 bits per heavy atom. The van der Waals surface area contributed by atoms with Crippen LogP contribution in [0, 0.1) is 5.92 Å². The van der Waals surface area contributed by atoms with Crippen molar-refractivity contribution < 1.29 is 23.0 Å². The average molecular weight is 432 g/mol. The fourth-order valence-corrected chi connectivity index (χ4v) is 3.92. The highest BCUT2D eigenvalue weighted by Gasteiger charge is 2.25. The summed E-state index contributed by atoms with van der Waals surface area (Å²) in [6.45, 7) is 3.32. The number of pyridine rings is 1. The number of rotatable bonds is 8. The first-order valence-corrected chi connectivity index (χ1v) is 10.2. The maximum Gasteiger partial charge on any atom is 0.256 e. The Kier molecular flexibility index (Phi) is 6.22. The lowest BCUT2D eigenvalue weighted by molar-refractivity contribution is 0.127. The Bertz CT molecular complexity index is 1050. The molecule has 1 N–H and O–H groups in total. The highest BCUT2D eigenvalue weighted by Crippen LogP contribution is 2.35. The third-order valence-corrected chi connectivity index (χ3v) is 5.64. The summed E-state index contributed by atoms with van der Waals surface area (Å²) in [6.07, 6.45) is -0.227. The molecule has 166 valence electrons. The predicted octanol–water partition coefficient (Wildman–Crippen LogP) is 3.76. The van der Waals surface area contributed by atoms with E-state index in [1.54, 1.807) is 26.4 Å². The second kappa shape index (κ2) is 9.05. The zero-order valence-electron chi connectivity index (χ0n) is 17.8. The van der Waals surface area contributed by atoms with Crippen molar-refractivity contribution in [2.24, 2.45) is 5.92 Å². The normalized spacial score (nSPS) is 17.3. The Hall–Kier alpha value is -2.94. The topological polar surface area (TPSA) is 70.4 Å². The summed E-state index contributed by atoms with van der Waals surface area (Å²) < 4.78 is 44.6. The molecule has 9 heteroatoms. The molecule has 0 radical (unpaired) electrons. The van der Waals surface area contributed by atoms with Crippen LogP contribution in [0.4, 0.5) is 8.78 Å². The van der Waals surface area contributed by atoms with Gasteiger partial charge in [-0.25, -0.2) is 18.7 Å². The third-order valence-electron chi connectivity index (χ3n) is 5.64. The van der Waals surface area contributed by atoms with Crippen LogP contribution in [0.25, 0.3) is 22.3 Å². The summed E-state index contributed by atoms with van der Waals surface area (Å²) >= 11 is 0. The molecule has 3 heterocycles. The van der Waals surface area contributed by atoms with E-state index in [2.05, 4.69) is 10.3 Å². The molecular formula is C22H26F2N4O3. The number of imidazole rings is 1. The number of methoxy groups -OCH3 is 2. The number of ether oxygens (including phenoxy) is 3. The molecule has 31 heavy (non-hydrogen) atoms. The molecule has 1 aromatic carbocycles. The first-order chi connectivity index (χ1) is 15.0. The molecular weight excluding hydrogens is 406 g/mol. The van der Waals surface area contributed by atoms with Crippen LogP contribution in [-0.2, 0) is 6.54 Å². The number of hydrogen-bond donors (Lipinski definition) is 1. The molecule has 0 spiro atoms. The third kappa shape index (κ3) is 4.41. The van der Waals surface area contributed by atoms with E-state index in [4.69, 9.17) is 19.2 Å². The van der Waals surface area contributed by atoms with Crippen LogP contribution in [0.5, 0.6) is 17.4 Å². The second-order valence-corrected chi connectivity index (χ2v) is 7.61. The van der Waals surface area contributed by atoms with Crippen molar-refractivity contribution in [3.8, 4) is 28.6 Å². The molecule has 0 bridgehead atoms. The van der Waals surface area contributed by atoms with E-state index < -0.39 is 13.0 Å². The quantitative estimate of drug-likeness (QED) is 0.585. The van der Waals surface area contributed by atoms with E-state index >= 15 is 0 Å². The summed E-state index contributed by atoms with van der Waals surface area (Å²) in [4.78, 5) is 9.05. The zero-order valence-corrected chi connectivity index (χ0v) is 17.8. The monoisotopic (exact) mass is 432 g/mol. The predicted molar refractivity (Wildman–Crippen MR) is 113 cm³/mol. The molecule has 0 aliphatic carbocycles. The fourth-order valence-electron chi connectivity index (χ4n) is 3.92. The smallest absolute Gasteiger partial charge is 0.256 e. The van der Waals surface area contributed by atoms with Gasteiger partial charge < -0.3 is 24.1 Å². The zero-order chi connectivity index (χ0) is 22.0. The molecule has 7 nitrogen and oxygen atoms in total. The maximum absolute atomic E-state index is 13.1.